The van der Waals surface area contributed by atoms with Gasteiger partial charge in [-0.05, 0) is 30.5 Å². The Hall–Kier alpha value is -0.0500. The van der Waals surface area contributed by atoms with E-state index in [0.717, 1.165) is 23.9 Å². The first-order chi connectivity index (χ1) is 6.72. The van der Waals surface area contributed by atoms with Gasteiger partial charge in [0.1, 0.15) is 0 Å². The smallest absolute Gasteiger partial charge is 0.0476 e. The number of benzene rings is 1. The second-order valence-corrected chi connectivity index (χ2v) is 4.74. The van der Waals surface area contributed by atoms with Crippen molar-refractivity contribution in [2.45, 2.75) is 18.2 Å². The van der Waals surface area contributed by atoms with Crippen molar-refractivity contribution in [3.8, 4) is 0 Å². The van der Waals surface area contributed by atoms with Crippen molar-refractivity contribution in [2.75, 3.05) is 13.7 Å². The molecule has 1 nitrogen and oxygen atoms in total. The van der Waals surface area contributed by atoms with Crippen LogP contribution in [0.2, 0.25) is 0 Å². The quantitative estimate of drug-likeness (QED) is 0.747. The Labute approximate surface area is 98.5 Å². The lowest BCUT2D eigenvalue weighted by molar-refractivity contribution is 0.194. The molecule has 1 aromatic carbocycles. The molecule has 0 saturated heterocycles. The van der Waals surface area contributed by atoms with Gasteiger partial charge in [0.2, 0.25) is 0 Å². The second kappa shape index (κ2) is 6.44. The molecule has 0 saturated carbocycles. The summed E-state index contributed by atoms with van der Waals surface area (Å²) in [5.41, 5.74) is 1.27. The molecular weight excluding hydrogens is 263 g/mol. The van der Waals surface area contributed by atoms with E-state index in [-0.39, 0.29) is 5.38 Å². The van der Waals surface area contributed by atoms with E-state index < -0.39 is 0 Å². The van der Waals surface area contributed by atoms with Crippen molar-refractivity contribution < 1.29 is 4.74 Å². The van der Waals surface area contributed by atoms with Crippen molar-refractivity contribution >= 4 is 27.5 Å². The number of halogens is 2. The fourth-order valence-corrected chi connectivity index (χ4v) is 1.76. The van der Waals surface area contributed by atoms with Crippen LogP contribution in [0.1, 0.15) is 12.0 Å². The van der Waals surface area contributed by atoms with Gasteiger partial charge >= 0.3 is 0 Å². The van der Waals surface area contributed by atoms with E-state index in [1.54, 1.807) is 7.11 Å². The zero-order chi connectivity index (χ0) is 10.4. The monoisotopic (exact) mass is 276 g/mol. The highest BCUT2D eigenvalue weighted by Gasteiger charge is 2.05. The Morgan fingerprint density at radius 2 is 2.00 bits per heavy atom. The first kappa shape index (κ1) is 12.0. The third-order valence-corrected chi connectivity index (χ3v) is 2.91. The normalized spacial score (nSPS) is 12.8. The van der Waals surface area contributed by atoms with Crippen molar-refractivity contribution in [3.63, 3.8) is 0 Å². The number of ether oxygens (including phenoxy) is 1. The maximum Gasteiger partial charge on any atom is 0.0476 e. The van der Waals surface area contributed by atoms with Crippen LogP contribution in [0.3, 0.4) is 0 Å². The van der Waals surface area contributed by atoms with Crippen LogP contribution in [0.25, 0.3) is 0 Å². The lowest BCUT2D eigenvalue weighted by atomic mass is 10.1. The van der Waals surface area contributed by atoms with E-state index in [2.05, 4.69) is 28.1 Å². The van der Waals surface area contributed by atoms with E-state index in [4.69, 9.17) is 16.3 Å². The van der Waals surface area contributed by atoms with Crippen LogP contribution in [-0.2, 0) is 11.2 Å². The average Bonchev–Trinajstić information content (AvgIpc) is 2.18. The number of methoxy groups -OCH3 is 1. The number of hydrogen-bond acceptors (Lipinski definition) is 1. The van der Waals surface area contributed by atoms with Crippen molar-refractivity contribution in [2.24, 2.45) is 0 Å². The summed E-state index contributed by atoms with van der Waals surface area (Å²) >= 11 is 9.54. The lowest BCUT2D eigenvalue weighted by Gasteiger charge is -2.08. The molecule has 1 atom stereocenters. The molecule has 1 unspecified atom stereocenters. The summed E-state index contributed by atoms with van der Waals surface area (Å²) in [7, 11) is 1.70. The van der Waals surface area contributed by atoms with Crippen LogP contribution in [0, 0.1) is 0 Å². The zero-order valence-electron chi connectivity index (χ0n) is 8.17. The van der Waals surface area contributed by atoms with Crippen molar-refractivity contribution in [1.29, 1.82) is 0 Å². The van der Waals surface area contributed by atoms with Crippen LogP contribution in [0.4, 0.5) is 0 Å². The Morgan fingerprint density at radius 1 is 1.36 bits per heavy atom. The minimum Gasteiger partial charge on any atom is -0.385 e. The Kier molecular flexibility index (Phi) is 5.53. The average molecular weight is 278 g/mol. The molecule has 0 heterocycles. The molecule has 0 fully saturated rings. The highest BCUT2D eigenvalue weighted by atomic mass is 79.9. The van der Waals surface area contributed by atoms with E-state index in [1.807, 2.05) is 12.1 Å². The topological polar surface area (TPSA) is 9.23 Å². The molecule has 0 aliphatic rings. The summed E-state index contributed by atoms with van der Waals surface area (Å²) in [5, 5.41) is 0.163. The molecule has 0 amide bonds. The van der Waals surface area contributed by atoms with Gasteiger partial charge in [-0.3, -0.25) is 0 Å². The summed E-state index contributed by atoms with van der Waals surface area (Å²) < 4.78 is 6.08. The minimum atomic E-state index is 0.163. The van der Waals surface area contributed by atoms with E-state index in [1.165, 1.54) is 5.56 Å². The van der Waals surface area contributed by atoms with Gasteiger partial charge in [-0.1, -0.05) is 28.1 Å². The Balaban J connectivity index is 2.39. The highest BCUT2D eigenvalue weighted by molar-refractivity contribution is 9.10. The summed E-state index contributed by atoms with van der Waals surface area (Å²) in [6.45, 7) is 0.727. The molecule has 0 radical (unpaired) electrons. The van der Waals surface area contributed by atoms with Crippen LogP contribution in [0.15, 0.2) is 28.7 Å². The summed E-state index contributed by atoms with van der Waals surface area (Å²) in [6, 6.07) is 8.25. The highest BCUT2D eigenvalue weighted by Crippen LogP contribution is 2.15. The molecule has 0 aromatic heterocycles. The first-order valence-corrected chi connectivity index (χ1v) is 5.82. The van der Waals surface area contributed by atoms with E-state index >= 15 is 0 Å². The predicted molar refractivity (Wildman–Crippen MR) is 64.0 cm³/mol. The molecule has 0 aliphatic carbocycles. The maximum absolute atomic E-state index is 6.14. The molecule has 0 bridgehead atoms. The molecule has 1 aromatic rings. The van der Waals surface area contributed by atoms with Crippen LogP contribution >= 0.6 is 27.5 Å². The number of rotatable bonds is 5. The predicted octanol–water partition coefficient (Wildman–Crippen LogP) is 3.64. The van der Waals surface area contributed by atoms with Crippen LogP contribution in [-0.4, -0.2) is 19.1 Å². The summed E-state index contributed by atoms with van der Waals surface area (Å²) in [6.07, 6.45) is 1.80. The fourth-order valence-electron chi connectivity index (χ4n) is 1.22. The molecule has 0 spiro atoms. The molecule has 0 aliphatic heterocycles. The van der Waals surface area contributed by atoms with Gasteiger partial charge in [0.15, 0.2) is 0 Å². The molecule has 3 heteroatoms. The fraction of sp³-hybridized carbons (Fsp3) is 0.455. The maximum atomic E-state index is 6.14. The van der Waals surface area contributed by atoms with Gasteiger partial charge in [-0.15, -0.1) is 11.6 Å². The third kappa shape index (κ3) is 4.45. The molecule has 14 heavy (non-hydrogen) atoms. The van der Waals surface area contributed by atoms with Gasteiger partial charge in [0.05, 0.1) is 0 Å². The number of alkyl halides is 1. The van der Waals surface area contributed by atoms with Crippen LogP contribution in [0.5, 0.6) is 0 Å². The molecule has 1 rings (SSSR count). The minimum absolute atomic E-state index is 0.163. The Morgan fingerprint density at radius 3 is 2.57 bits per heavy atom. The van der Waals surface area contributed by atoms with Crippen molar-refractivity contribution in [1.82, 2.24) is 0 Å². The molecule has 78 valence electrons. The van der Waals surface area contributed by atoms with Gasteiger partial charge in [-0.2, -0.15) is 0 Å². The Bertz CT molecular complexity index is 260. The standard InChI is InChI=1S/C11H14BrClO/c1-14-7-6-11(13)8-9-2-4-10(12)5-3-9/h2-5,11H,6-8H2,1H3. The van der Waals surface area contributed by atoms with Gasteiger partial charge < -0.3 is 4.74 Å². The van der Waals surface area contributed by atoms with Gasteiger partial charge in [0, 0.05) is 23.6 Å². The van der Waals surface area contributed by atoms with E-state index in [9.17, 15) is 0 Å². The molecular formula is C11H14BrClO. The summed E-state index contributed by atoms with van der Waals surface area (Å²) in [5.74, 6) is 0. The SMILES string of the molecule is COCCC(Cl)Cc1ccc(Br)cc1. The van der Waals surface area contributed by atoms with Crippen LogP contribution < -0.4 is 0 Å². The second-order valence-electron chi connectivity index (χ2n) is 3.21. The van der Waals surface area contributed by atoms with E-state index in [0.29, 0.717) is 0 Å². The third-order valence-electron chi connectivity index (χ3n) is 2.01. The number of hydrogen-bond donors (Lipinski definition) is 0. The lowest BCUT2D eigenvalue weighted by Crippen LogP contribution is -2.06. The molecule has 0 N–H and O–H groups in total. The van der Waals surface area contributed by atoms with Crippen molar-refractivity contribution in [3.05, 3.63) is 34.3 Å². The van der Waals surface area contributed by atoms with Gasteiger partial charge in [0.25, 0.3) is 0 Å². The first-order valence-electron chi connectivity index (χ1n) is 4.60. The largest absolute Gasteiger partial charge is 0.385 e. The van der Waals surface area contributed by atoms with Gasteiger partial charge in [-0.25, -0.2) is 0 Å². The zero-order valence-corrected chi connectivity index (χ0v) is 10.5. The summed E-state index contributed by atoms with van der Waals surface area (Å²) in [4.78, 5) is 0.